The van der Waals surface area contributed by atoms with Crippen molar-refractivity contribution in [2.75, 3.05) is 0 Å². The van der Waals surface area contributed by atoms with Crippen molar-refractivity contribution in [2.45, 2.75) is 5.72 Å². The van der Waals surface area contributed by atoms with Gasteiger partial charge in [-0.2, -0.15) is 0 Å². The number of oxazole rings is 1. The normalized spacial score (nSPS) is 18.2. The molecule has 0 saturated carbocycles. The van der Waals surface area contributed by atoms with Gasteiger partial charge in [0.05, 0.1) is 21.3 Å². The number of nitrogens with zero attached hydrogens (tertiary/aromatic N) is 4. The molecule has 1 aliphatic heterocycles. The van der Waals surface area contributed by atoms with Crippen LogP contribution in [0, 0.1) is 0 Å². The first kappa shape index (κ1) is 17.4. The van der Waals surface area contributed by atoms with E-state index in [4.69, 9.17) is 19.1 Å². The molecule has 0 aliphatic carbocycles. The van der Waals surface area contributed by atoms with Crippen LogP contribution in [-0.4, -0.2) is 25.8 Å². The number of aromatic amines is 1. The van der Waals surface area contributed by atoms with Gasteiger partial charge in [0.15, 0.2) is 16.4 Å². The molecule has 0 saturated heterocycles. The zero-order valence-electron chi connectivity index (χ0n) is 16.4. The summed E-state index contributed by atoms with van der Waals surface area (Å²) in [7, 11) is 0. The first-order chi connectivity index (χ1) is 15.8. The molecule has 8 nitrogen and oxygen atoms in total. The lowest BCUT2D eigenvalue weighted by atomic mass is 10.2. The van der Waals surface area contributed by atoms with Gasteiger partial charge in [0.1, 0.15) is 5.52 Å². The van der Waals surface area contributed by atoms with Gasteiger partial charge in [-0.1, -0.05) is 36.4 Å². The highest BCUT2D eigenvalue weighted by molar-refractivity contribution is 7.18. The van der Waals surface area contributed by atoms with Gasteiger partial charge in [0, 0.05) is 0 Å². The number of ether oxygens (including phenoxy) is 1. The van der Waals surface area contributed by atoms with E-state index in [9.17, 15) is 0 Å². The summed E-state index contributed by atoms with van der Waals surface area (Å²) in [5.41, 5.74) is 5.89. The molecule has 1 unspecified atom stereocenters. The molecule has 3 aromatic carbocycles. The van der Waals surface area contributed by atoms with Gasteiger partial charge in [0.25, 0.3) is 11.8 Å². The molecule has 0 radical (unpaired) electrons. The van der Waals surface area contributed by atoms with Crippen LogP contribution in [0.15, 0.2) is 82.3 Å². The Bertz CT molecular complexity index is 1490. The van der Waals surface area contributed by atoms with E-state index in [-0.39, 0.29) is 11.8 Å². The molecular formula is C23H14N6O2S. The molecule has 1 aliphatic rings. The monoisotopic (exact) mass is 438 g/mol. The second-order valence-electron chi connectivity index (χ2n) is 7.39. The van der Waals surface area contributed by atoms with Gasteiger partial charge in [-0.15, -0.1) is 16.4 Å². The van der Waals surface area contributed by atoms with Crippen LogP contribution in [0.5, 0.6) is 0 Å². The average molecular weight is 438 g/mol. The maximum atomic E-state index is 6.43. The van der Waals surface area contributed by atoms with Crippen molar-refractivity contribution in [1.82, 2.24) is 25.4 Å². The van der Waals surface area contributed by atoms with Gasteiger partial charge >= 0.3 is 5.72 Å². The summed E-state index contributed by atoms with van der Waals surface area (Å²) in [5, 5.41) is 5.12. The molecule has 7 rings (SSSR count). The van der Waals surface area contributed by atoms with E-state index in [1.807, 2.05) is 72.8 Å². The number of thiazole rings is 1. The van der Waals surface area contributed by atoms with Crippen LogP contribution in [0.1, 0.15) is 16.7 Å². The quantitative estimate of drug-likeness (QED) is 0.422. The minimum Gasteiger partial charge on any atom is -0.432 e. The Balaban J connectivity index is 1.39. The molecule has 3 aromatic heterocycles. The van der Waals surface area contributed by atoms with Crippen molar-refractivity contribution >= 4 is 49.6 Å². The van der Waals surface area contributed by atoms with E-state index in [1.165, 1.54) is 11.3 Å². The summed E-state index contributed by atoms with van der Waals surface area (Å²) in [6.45, 7) is 0. The third-order valence-corrected chi connectivity index (χ3v) is 6.50. The third kappa shape index (κ3) is 2.48. The van der Waals surface area contributed by atoms with Gasteiger partial charge in [-0.25, -0.2) is 15.0 Å². The number of aromatic nitrogens is 4. The third-order valence-electron chi connectivity index (χ3n) is 5.36. The first-order valence-electron chi connectivity index (χ1n) is 10.00. The fourth-order valence-electron chi connectivity index (χ4n) is 3.81. The number of hydrogen-bond donors (Lipinski definition) is 2. The molecular weight excluding hydrogens is 424 g/mol. The smallest absolute Gasteiger partial charge is 0.308 e. The van der Waals surface area contributed by atoms with Crippen molar-refractivity contribution in [1.29, 1.82) is 0 Å². The summed E-state index contributed by atoms with van der Waals surface area (Å²) in [4.78, 5) is 17.5. The predicted molar refractivity (Wildman–Crippen MR) is 121 cm³/mol. The SMILES string of the molecule is c1ccc2[nH]c(C3(c4nc5ccccc5s4)NN=C(c4nc5ccccc5o4)O3)nc2c1. The highest BCUT2D eigenvalue weighted by atomic mass is 32.1. The van der Waals surface area contributed by atoms with E-state index < -0.39 is 5.72 Å². The number of nitrogens with one attached hydrogen (secondary N) is 2. The molecule has 2 N–H and O–H groups in total. The number of imidazole rings is 1. The Labute approximate surface area is 184 Å². The van der Waals surface area contributed by atoms with E-state index in [2.05, 4.69) is 20.5 Å². The molecule has 0 amide bonds. The Morgan fingerprint density at radius 2 is 1.56 bits per heavy atom. The maximum absolute atomic E-state index is 6.43. The van der Waals surface area contributed by atoms with Crippen LogP contribution in [0.2, 0.25) is 0 Å². The highest BCUT2D eigenvalue weighted by Crippen LogP contribution is 2.39. The number of hydrazone groups is 1. The van der Waals surface area contributed by atoms with E-state index in [0.717, 1.165) is 26.8 Å². The lowest BCUT2D eigenvalue weighted by Gasteiger charge is -2.23. The van der Waals surface area contributed by atoms with Gasteiger partial charge in [0.2, 0.25) is 0 Å². The van der Waals surface area contributed by atoms with Gasteiger partial charge in [-0.3, -0.25) is 5.43 Å². The minimum atomic E-state index is -1.24. The van der Waals surface area contributed by atoms with Crippen LogP contribution < -0.4 is 5.43 Å². The molecule has 6 aromatic rings. The van der Waals surface area contributed by atoms with Crippen LogP contribution in [-0.2, 0) is 10.5 Å². The molecule has 0 spiro atoms. The fraction of sp³-hybridized carbons (Fsp3) is 0.0435. The maximum Gasteiger partial charge on any atom is 0.308 e. The number of H-pyrrole nitrogens is 1. The lowest BCUT2D eigenvalue weighted by molar-refractivity contribution is 0.0805. The van der Waals surface area contributed by atoms with Crippen molar-refractivity contribution < 1.29 is 9.15 Å². The van der Waals surface area contributed by atoms with Crippen molar-refractivity contribution in [2.24, 2.45) is 5.10 Å². The molecule has 154 valence electrons. The highest BCUT2D eigenvalue weighted by Gasteiger charge is 2.49. The molecule has 1 atom stereocenters. The Morgan fingerprint density at radius 3 is 2.41 bits per heavy atom. The summed E-state index contributed by atoms with van der Waals surface area (Å²) < 4.78 is 13.4. The predicted octanol–water partition coefficient (Wildman–Crippen LogP) is 4.50. The van der Waals surface area contributed by atoms with Crippen LogP contribution in [0.3, 0.4) is 0 Å². The second kappa shape index (κ2) is 6.38. The Morgan fingerprint density at radius 1 is 0.781 bits per heavy atom. The minimum absolute atomic E-state index is 0.237. The van der Waals surface area contributed by atoms with Crippen molar-refractivity contribution in [3.05, 3.63) is 89.5 Å². The lowest BCUT2D eigenvalue weighted by Crippen LogP contribution is -2.40. The topological polar surface area (TPSA) is 101 Å². The molecule has 32 heavy (non-hydrogen) atoms. The summed E-state index contributed by atoms with van der Waals surface area (Å²) >= 11 is 1.52. The number of hydrogen-bond acceptors (Lipinski definition) is 8. The van der Waals surface area contributed by atoms with Gasteiger partial charge in [-0.05, 0) is 36.4 Å². The average Bonchev–Trinajstić information content (AvgIpc) is 3.61. The van der Waals surface area contributed by atoms with Crippen molar-refractivity contribution in [3.8, 4) is 0 Å². The summed E-state index contributed by atoms with van der Waals surface area (Å²) in [5.74, 6) is 1.08. The fourth-order valence-corrected chi connectivity index (χ4v) is 4.86. The zero-order valence-corrected chi connectivity index (χ0v) is 17.3. The van der Waals surface area contributed by atoms with E-state index in [1.54, 1.807) is 0 Å². The Hall–Kier alpha value is -4.24. The first-order valence-corrected chi connectivity index (χ1v) is 10.8. The van der Waals surface area contributed by atoms with Crippen LogP contribution >= 0.6 is 11.3 Å². The Kier molecular flexibility index (Phi) is 3.48. The van der Waals surface area contributed by atoms with Gasteiger partial charge < -0.3 is 14.1 Å². The second-order valence-corrected chi connectivity index (χ2v) is 8.42. The molecule has 0 fully saturated rings. The number of rotatable bonds is 3. The van der Waals surface area contributed by atoms with Crippen LogP contribution in [0.4, 0.5) is 0 Å². The number of benzene rings is 3. The van der Waals surface area contributed by atoms with E-state index >= 15 is 0 Å². The summed E-state index contributed by atoms with van der Waals surface area (Å²) in [6.07, 6.45) is 0. The van der Waals surface area contributed by atoms with Crippen LogP contribution in [0.25, 0.3) is 32.3 Å². The standard InChI is InChI=1S/C23H14N6O2S/c1-2-8-14-13(7-1)25-21(26-14)23(22-27-16-10-4-6-12-18(16)32-22)29-28-20(31-23)19-24-15-9-3-5-11-17(15)30-19/h1-12,29H,(H,25,26). The molecule has 9 heteroatoms. The van der Waals surface area contributed by atoms with E-state index in [0.29, 0.717) is 16.4 Å². The molecule has 4 heterocycles. The molecule has 0 bridgehead atoms. The number of fused-ring (bicyclic) bond motifs is 3. The zero-order chi connectivity index (χ0) is 21.1. The van der Waals surface area contributed by atoms with Crippen molar-refractivity contribution in [3.63, 3.8) is 0 Å². The largest absolute Gasteiger partial charge is 0.432 e. The summed E-state index contributed by atoms with van der Waals surface area (Å²) in [6, 6.07) is 23.3. The number of para-hydroxylation sites is 5.